The van der Waals surface area contributed by atoms with E-state index < -0.39 is 41.8 Å². The SMILES string of the molecule is COc1c2c(C(=O)NC(=O)[C@H](Cc3ccccc3)NC(=O)[C@H](C)NC(=O)[C@H](C)N)c(c3ccccc13)C(=O)CCCC2=O. The van der Waals surface area contributed by atoms with Crippen molar-refractivity contribution in [3.8, 4) is 5.75 Å². The van der Waals surface area contributed by atoms with Crippen molar-refractivity contribution in [2.45, 2.75) is 57.7 Å². The molecule has 0 saturated carbocycles. The maximum atomic E-state index is 13.9. The zero-order chi connectivity index (χ0) is 31.3. The quantitative estimate of drug-likeness (QED) is 0.295. The number of fused-ring (bicyclic) bond motifs is 4. The van der Waals surface area contributed by atoms with Crippen LogP contribution in [0.3, 0.4) is 0 Å². The maximum absolute atomic E-state index is 13.9. The van der Waals surface area contributed by atoms with Crippen LogP contribution in [0.2, 0.25) is 0 Å². The Kier molecular flexibility index (Phi) is 9.66. The van der Waals surface area contributed by atoms with Crippen molar-refractivity contribution in [2.24, 2.45) is 5.73 Å². The fourth-order valence-corrected chi connectivity index (χ4v) is 5.09. The first-order chi connectivity index (χ1) is 20.5. The number of methoxy groups -OCH3 is 1. The Bertz CT molecular complexity index is 1600. The molecular weight excluding hydrogens is 552 g/mol. The Hall–Kier alpha value is -4.90. The predicted molar refractivity (Wildman–Crippen MR) is 159 cm³/mol. The molecule has 0 spiro atoms. The minimum atomic E-state index is -1.25. The van der Waals surface area contributed by atoms with Crippen molar-refractivity contribution >= 4 is 46.0 Å². The summed E-state index contributed by atoms with van der Waals surface area (Å²) in [5, 5.41) is 8.31. The van der Waals surface area contributed by atoms with Gasteiger partial charge in [0.1, 0.15) is 17.8 Å². The minimum Gasteiger partial charge on any atom is -0.495 e. The van der Waals surface area contributed by atoms with Gasteiger partial charge in [0.25, 0.3) is 5.91 Å². The Balaban J connectivity index is 1.72. The van der Waals surface area contributed by atoms with Gasteiger partial charge in [0.05, 0.1) is 24.3 Å². The Morgan fingerprint density at radius 3 is 2.05 bits per heavy atom. The third kappa shape index (κ3) is 6.78. The number of Topliss-reactive ketones (excluding diaryl/α,β-unsaturated/α-hetero) is 2. The second-order valence-electron chi connectivity index (χ2n) is 10.5. The molecule has 0 unspecified atom stereocenters. The van der Waals surface area contributed by atoms with Crippen LogP contribution in [0.4, 0.5) is 0 Å². The summed E-state index contributed by atoms with van der Waals surface area (Å²) in [4.78, 5) is 79.2. The van der Waals surface area contributed by atoms with Gasteiger partial charge in [-0.25, -0.2) is 0 Å². The van der Waals surface area contributed by atoms with Gasteiger partial charge in [-0.1, -0.05) is 54.6 Å². The average molecular weight is 587 g/mol. The molecule has 4 rings (SSSR count). The van der Waals surface area contributed by atoms with Gasteiger partial charge in [-0.3, -0.25) is 34.1 Å². The zero-order valence-electron chi connectivity index (χ0n) is 24.2. The van der Waals surface area contributed by atoms with Crippen LogP contribution < -0.4 is 26.4 Å². The normalized spacial score (nSPS) is 15.0. The van der Waals surface area contributed by atoms with Crippen LogP contribution in [0.25, 0.3) is 10.8 Å². The monoisotopic (exact) mass is 586 g/mol. The van der Waals surface area contributed by atoms with Crippen molar-refractivity contribution in [3.63, 3.8) is 0 Å². The van der Waals surface area contributed by atoms with Gasteiger partial charge >= 0.3 is 0 Å². The molecule has 0 fully saturated rings. The molecule has 11 nitrogen and oxygen atoms in total. The molecule has 3 atom stereocenters. The molecule has 0 heterocycles. The maximum Gasteiger partial charge on any atom is 0.259 e. The van der Waals surface area contributed by atoms with Gasteiger partial charge in [0.2, 0.25) is 17.7 Å². The van der Waals surface area contributed by atoms with Gasteiger partial charge < -0.3 is 21.1 Å². The molecule has 1 aliphatic carbocycles. The van der Waals surface area contributed by atoms with E-state index in [9.17, 15) is 28.8 Å². The molecule has 3 aromatic rings. The summed E-state index contributed by atoms with van der Waals surface area (Å²) in [6.07, 6.45) is 0.387. The first-order valence-electron chi connectivity index (χ1n) is 14.0. The van der Waals surface area contributed by atoms with E-state index in [1.54, 1.807) is 54.6 Å². The number of nitrogens with one attached hydrogen (secondary N) is 3. The van der Waals surface area contributed by atoms with E-state index in [-0.39, 0.29) is 53.3 Å². The third-order valence-corrected chi connectivity index (χ3v) is 7.28. The smallest absolute Gasteiger partial charge is 0.259 e. The van der Waals surface area contributed by atoms with Crippen LogP contribution in [0, 0.1) is 0 Å². The van der Waals surface area contributed by atoms with Crippen molar-refractivity contribution in [1.29, 1.82) is 0 Å². The Morgan fingerprint density at radius 2 is 1.42 bits per heavy atom. The van der Waals surface area contributed by atoms with Gasteiger partial charge in [-0.05, 0) is 31.2 Å². The molecule has 0 aliphatic heterocycles. The first kappa shape index (κ1) is 31.0. The predicted octanol–water partition coefficient (Wildman–Crippen LogP) is 2.23. The third-order valence-electron chi connectivity index (χ3n) is 7.28. The van der Waals surface area contributed by atoms with E-state index in [0.717, 1.165) is 0 Å². The molecule has 3 aromatic carbocycles. The van der Waals surface area contributed by atoms with Crippen molar-refractivity contribution in [3.05, 3.63) is 76.9 Å². The molecule has 0 saturated heterocycles. The summed E-state index contributed by atoms with van der Waals surface area (Å²) in [7, 11) is 1.37. The van der Waals surface area contributed by atoms with Crippen molar-refractivity contribution in [1.82, 2.24) is 16.0 Å². The van der Waals surface area contributed by atoms with Crippen LogP contribution in [0.5, 0.6) is 5.75 Å². The number of imide groups is 1. The molecular formula is C32H34N4O7. The molecule has 0 aromatic heterocycles. The van der Waals surface area contributed by atoms with E-state index >= 15 is 0 Å². The summed E-state index contributed by atoms with van der Waals surface area (Å²) in [6.45, 7) is 2.91. The summed E-state index contributed by atoms with van der Waals surface area (Å²) in [5.41, 5.74) is 6.01. The second-order valence-corrected chi connectivity index (χ2v) is 10.5. The van der Waals surface area contributed by atoms with Crippen LogP contribution in [0.15, 0.2) is 54.6 Å². The molecule has 4 amide bonds. The lowest BCUT2D eigenvalue weighted by Crippen LogP contribution is -2.55. The van der Waals surface area contributed by atoms with Gasteiger partial charge in [0.15, 0.2) is 11.6 Å². The molecule has 224 valence electrons. The number of nitrogens with two attached hydrogens (primary N) is 1. The lowest BCUT2D eigenvalue weighted by atomic mass is 9.84. The highest BCUT2D eigenvalue weighted by Crippen LogP contribution is 2.39. The minimum absolute atomic E-state index is 0.0122. The second kappa shape index (κ2) is 13.4. The van der Waals surface area contributed by atoms with E-state index in [4.69, 9.17) is 10.5 Å². The Morgan fingerprint density at radius 1 is 0.814 bits per heavy atom. The zero-order valence-corrected chi connectivity index (χ0v) is 24.2. The van der Waals surface area contributed by atoms with E-state index in [0.29, 0.717) is 22.8 Å². The number of ketones is 2. The summed E-state index contributed by atoms with van der Waals surface area (Å²) in [6, 6.07) is 12.5. The van der Waals surface area contributed by atoms with E-state index in [1.165, 1.54) is 21.0 Å². The standard InChI is InChI=1S/C32H34N4O7/c1-17(33)29(39)34-18(2)30(40)35-22(16-19-10-5-4-6-11-19)31(41)36-32(42)27-25-20-12-7-8-13-21(20)28(43-3)26(27)24(38)15-9-14-23(25)37/h4-8,10-13,17-18,22H,9,14-16,33H2,1-3H3,(H,34,39)(H,35,40)(H,36,41,42)/t17-,18-,22-/m0/s1. The Labute approximate surface area is 248 Å². The summed E-state index contributed by atoms with van der Waals surface area (Å²) >= 11 is 0. The van der Waals surface area contributed by atoms with Gasteiger partial charge in [0, 0.05) is 30.2 Å². The molecule has 11 heteroatoms. The lowest BCUT2D eigenvalue weighted by Gasteiger charge is -2.24. The number of carbonyl (C=O) groups is 6. The largest absolute Gasteiger partial charge is 0.495 e. The van der Waals surface area contributed by atoms with E-state index in [1.807, 2.05) is 0 Å². The van der Waals surface area contributed by atoms with E-state index in [2.05, 4.69) is 16.0 Å². The number of carbonyl (C=O) groups excluding carboxylic acids is 6. The molecule has 1 aliphatic rings. The van der Waals surface area contributed by atoms with Crippen molar-refractivity contribution in [2.75, 3.05) is 7.11 Å². The van der Waals surface area contributed by atoms with Gasteiger partial charge in [-0.15, -0.1) is 0 Å². The highest BCUT2D eigenvalue weighted by Gasteiger charge is 2.35. The number of ether oxygens (including phenoxy) is 1. The molecule has 5 N–H and O–H groups in total. The first-order valence-corrected chi connectivity index (χ1v) is 14.0. The number of hydrogen-bond acceptors (Lipinski definition) is 8. The summed E-state index contributed by atoms with van der Waals surface area (Å²) in [5.74, 6) is -3.64. The average Bonchev–Trinajstić information content (AvgIpc) is 2.98. The topological polar surface area (TPSA) is 174 Å². The fourth-order valence-electron chi connectivity index (χ4n) is 5.09. The summed E-state index contributed by atoms with van der Waals surface area (Å²) < 4.78 is 5.59. The van der Waals surface area contributed by atoms with Crippen molar-refractivity contribution < 1.29 is 33.5 Å². The van der Waals surface area contributed by atoms with Gasteiger partial charge in [-0.2, -0.15) is 0 Å². The molecule has 2 bridgehead atoms. The van der Waals surface area contributed by atoms with Crippen LogP contribution in [-0.4, -0.2) is 60.4 Å². The highest BCUT2D eigenvalue weighted by molar-refractivity contribution is 6.25. The van der Waals surface area contributed by atoms with Crippen LogP contribution in [-0.2, 0) is 20.8 Å². The lowest BCUT2D eigenvalue weighted by molar-refractivity contribution is -0.131. The highest BCUT2D eigenvalue weighted by atomic mass is 16.5. The molecule has 0 radical (unpaired) electrons. The number of amides is 4. The number of benzene rings is 3. The number of hydrogen-bond donors (Lipinski definition) is 4. The number of rotatable bonds is 9. The fraction of sp³-hybridized carbons (Fsp3) is 0.312. The molecule has 43 heavy (non-hydrogen) atoms. The van der Waals surface area contributed by atoms with Crippen LogP contribution in [0.1, 0.15) is 69.7 Å². The van der Waals surface area contributed by atoms with Crippen LogP contribution >= 0.6 is 0 Å².